The standard InChI is InChI=1S/C17H21N5O4S/c18-21-19-6-7-26-8-9-27(25)15-3-1-2-12-10-22(11-13(12)15)14-4-5-16(23)20-17(14)24/h1-3,14H,4-11H2,(H,20,23,24). The highest BCUT2D eigenvalue weighted by molar-refractivity contribution is 7.91. The molecule has 144 valence electrons. The number of hydrogen-bond donors (Lipinski definition) is 1. The average Bonchev–Trinajstić information content (AvgIpc) is 3.08. The van der Waals surface area contributed by atoms with Gasteiger partial charge in [0.2, 0.25) is 11.8 Å². The fourth-order valence-corrected chi connectivity index (χ4v) is 4.57. The predicted octanol–water partition coefficient (Wildman–Crippen LogP) is 1.24. The first kappa shape index (κ1) is 19.7. The molecule has 2 atom stereocenters. The first-order chi connectivity index (χ1) is 13.1. The zero-order valence-electron chi connectivity index (χ0n) is 14.8. The Hall–Kier alpha value is -2.10. The molecule has 0 aromatic heterocycles. The normalized spacial score (nSPS) is 20.7. The average molecular weight is 391 g/mol. The SMILES string of the molecule is [N-]=[N+]=NCCOCC[S+]([O-])c1cccc2c1CN(C1CCC(=O)NC1=O)C2. The highest BCUT2D eigenvalue weighted by Gasteiger charge is 2.36. The largest absolute Gasteiger partial charge is 0.611 e. The van der Waals surface area contributed by atoms with Crippen molar-refractivity contribution >= 4 is 23.0 Å². The van der Waals surface area contributed by atoms with E-state index < -0.39 is 11.2 Å². The molecule has 0 radical (unpaired) electrons. The summed E-state index contributed by atoms with van der Waals surface area (Å²) in [6.07, 6.45) is 0.853. The second-order valence-electron chi connectivity index (χ2n) is 6.38. The Morgan fingerprint density at radius 1 is 1.37 bits per heavy atom. The number of imide groups is 1. The van der Waals surface area contributed by atoms with E-state index in [1.165, 1.54) is 0 Å². The van der Waals surface area contributed by atoms with Crippen LogP contribution in [-0.4, -0.2) is 52.8 Å². The van der Waals surface area contributed by atoms with Gasteiger partial charge in [0, 0.05) is 36.5 Å². The highest BCUT2D eigenvalue weighted by atomic mass is 32.2. The number of ether oxygens (including phenoxy) is 1. The Labute approximate surface area is 159 Å². The number of rotatable bonds is 8. The van der Waals surface area contributed by atoms with E-state index in [2.05, 4.69) is 15.3 Å². The lowest BCUT2D eigenvalue weighted by molar-refractivity contribution is -0.137. The molecule has 10 heteroatoms. The first-order valence-corrected chi connectivity index (χ1v) is 10.1. The summed E-state index contributed by atoms with van der Waals surface area (Å²) in [5, 5.41) is 5.77. The third kappa shape index (κ3) is 4.79. The molecule has 0 spiro atoms. The number of benzene rings is 1. The summed E-state index contributed by atoms with van der Waals surface area (Å²) in [4.78, 5) is 28.9. The van der Waals surface area contributed by atoms with Crippen molar-refractivity contribution in [2.24, 2.45) is 5.11 Å². The molecule has 0 aliphatic carbocycles. The van der Waals surface area contributed by atoms with Crippen molar-refractivity contribution in [1.82, 2.24) is 10.2 Å². The molecule has 1 N–H and O–H groups in total. The quantitative estimate of drug-likeness (QED) is 0.178. The Balaban J connectivity index is 1.60. The van der Waals surface area contributed by atoms with Gasteiger partial charge in [0.05, 0.1) is 19.3 Å². The van der Waals surface area contributed by atoms with Crippen LogP contribution in [0.2, 0.25) is 0 Å². The third-order valence-electron chi connectivity index (χ3n) is 4.67. The number of azide groups is 1. The van der Waals surface area contributed by atoms with Gasteiger partial charge in [-0.3, -0.25) is 19.8 Å². The number of fused-ring (bicyclic) bond motifs is 1. The molecule has 0 saturated carbocycles. The van der Waals surface area contributed by atoms with Crippen LogP contribution in [0.3, 0.4) is 0 Å². The maximum Gasteiger partial charge on any atom is 0.243 e. The van der Waals surface area contributed by atoms with Crippen LogP contribution in [-0.2, 0) is 38.6 Å². The fraction of sp³-hybridized carbons (Fsp3) is 0.529. The summed E-state index contributed by atoms with van der Waals surface area (Å²) in [6.45, 7) is 2.02. The molecule has 0 bridgehead atoms. The van der Waals surface area contributed by atoms with Crippen LogP contribution in [0.25, 0.3) is 10.4 Å². The van der Waals surface area contributed by atoms with Crippen LogP contribution in [0.1, 0.15) is 24.0 Å². The van der Waals surface area contributed by atoms with Gasteiger partial charge in [0.25, 0.3) is 0 Å². The van der Waals surface area contributed by atoms with Gasteiger partial charge in [-0.1, -0.05) is 17.2 Å². The van der Waals surface area contributed by atoms with Crippen LogP contribution in [0, 0.1) is 0 Å². The van der Waals surface area contributed by atoms with Crippen LogP contribution in [0.4, 0.5) is 0 Å². The molecule has 27 heavy (non-hydrogen) atoms. The van der Waals surface area contributed by atoms with Crippen molar-refractivity contribution in [2.45, 2.75) is 36.9 Å². The van der Waals surface area contributed by atoms with Crippen molar-refractivity contribution in [2.75, 3.05) is 25.5 Å². The van der Waals surface area contributed by atoms with Gasteiger partial charge in [-0.2, -0.15) is 0 Å². The van der Waals surface area contributed by atoms with E-state index >= 15 is 0 Å². The lowest BCUT2D eigenvalue weighted by Gasteiger charge is -2.29. The van der Waals surface area contributed by atoms with Crippen molar-refractivity contribution < 1.29 is 18.9 Å². The monoisotopic (exact) mass is 391 g/mol. The summed E-state index contributed by atoms with van der Waals surface area (Å²) < 4.78 is 18.0. The summed E-state index contributed by atoms with van der Waals surface area (Å²) in [6, 6.07) is 5.38. The minimum Gasteiger partial charge on any atom is -0.611 e. The second-order valence-corrected chi connectivity index (χ2v) is 7.92. The smallest absolute Gasteiger partial charge is 0.243 e. The Bertz CT molecular complexity index is 768. The maximum atomic E-state index is 12.7. The van der Waals surface area contributed by atoms with Crippen LogP contribution >= 0.6 is 0 Å². The van der Waals surface area contributed by atoms with Gasteiger partial charge in [0.15, 0.2) is 4.90 Å². The number of nitrogens with zero attached hydrogens (tertiary/aromatic N) is 4. The summed E-state index contributed by atoms with van der Waals surface area (Å²) >= 11 is -1.22. The van der Waals surface area contributed by atoms with Crippen molar-refractivity contribution in [3.63, 3.8) is 0 Å². The number of carbonyl (C=O) groups excluding carboxylic acids is 2. The van der Waals surface area contributed by atoms with E-state index in [1.807, 2.05) is 23.1 Å². The number of nitrogens with one attached hydrogen (secondary N) is 1. The molecule has 3 rings (SSSR count). The van der Waals surface area contributed by atoms with Gasteiger partial charge in [-0.25, -0.2) is 0 Å². The minimum absolute atomic E-state index is 0.227. The zero-order valence-corrected chi connectivity index (χ0v) is 15.6. The number of amides is 2. The molecule has 1 aromatic rings. The Kier molecular flexibility index (Phi) is 6.70. The molecular formula is C17H21N5O4S. The molecule has 9 nitrogen and oxygen atoms in total. The first-order valence-electron chi connectivity index (χ1n) is 8.75. The van der Waals surface area contributed by atoms with Crippen molar-refractivity contribution in [3.05, 3.63) is 39.8 Å². The molecule has 1 fully saturated rings. The molecule has 2 heterocycles. The predicted molar refractivity (Wildman–Crippen MR) is 98.0 cm³/mol. The van der Waals surface area contributed by atoms with Crippen molar-refractivity contribution in [3.8, 4) is 0 Å². The van der Waals surface area contributed by atoms with Crippen molar-refractivity contribution in [1.29, 1.82) is 0 Å². The van der Waals surface area contributed by atoms with Crippen LogP contribution in [0.15, 0.2) is 28.2 Å². The lowest BCUT2D eigenvalue weighted by atomic mass is 10.0. The molecule has 2 unspecified atom stereocenters. The number of carbonyl (C=O) groups is 2. The van der Waals surface area contributed by atoms with Gasteiger partial charge >= 0.3 is 0 Å². The van der Waals surface area contributed by atoms with Gasteiger partial charge in [-0.15, -0.1) is 0 Å². The molecule has 1 saturated heterocycles. The molecule has 1 aromatic carbocycles. The minimum atomic E-state index is -1.22. The zero-order chi connectivity index (χ0) is 19.2. The van der Waals surface area contributed by atoms with E-state index in [0.29, 0.717) is 44.9 Å². The maximum absolute atomic E-state index is 12.7. The van der Waals surface area contributed by atoms with E-state index in [9.17, 15) is 14.1 Å². The molecule has 2 amide bonds. The molecular weight excluding hydrogens is 370 g/mol. The summed E-state index contributed by atoms with van der Waals surface area (Å²) in [5.41, 5.74) is 10.3. The topological polar surface area (TPSA) is 130 Å². The Morgan fingerprint density at radius 2 is 2.22 bits per heavy atom. The third-order valence-corrected chi connectivity index (χ3v) is 6.08. The highest BCUT2D eigenvalue weighted by Crippen LogP contribution is 2.32. The fourth-order valence-electron chi connectivity index (χ4n) is 3.38. The van der Waals surface area contributed by atoms with Gasteiger partial charge < -0.3 is 9.29 Å². The van der Waals surface area contributed by atoms with Crippen LogP contribution < -0.4 is 5.32 Å². The number of piperidine rings is 1. The van der Waals surface area contributed by atoms with Crippen LogP contribution in [0.5, 0.6) is 0 Å². The summed E-state index contributed by atoms with van der Waals surface area (Å²) in [5.74, 6) is -0.129. The van der Waals surface area contributed by atoms with E-state index in [-0.39, 0.29) is 24.4 Å². The van der Waals surface area contributed by atoms with E-state index in [0.717, 1.165) is 16.0 Å². The second kappa shape index (κ2) is 9.20. The van der Waals surface area contributed by atoms with Gasteiger partial charge in [-0.05, 0) is 34.8 Å². The van der Waals surface area contributed by atoms with E-state index in [1.54, 1.807) is 0 Å². The summed E-state index contributed by atoms with van der Waals surface area (Å²) in [7, 11) is 0. The van der Waals surface area contributed by atoms with E-state index in [4.69, 9.17) is 10.3 Å². The van der Waals surface area contributed by atoms with Gasteiger partial charge in [0.1, 0.15) is 5.75 Å². The molecule has 2 aliphatic rings. The Morgan fingerprint density at radius 3 is 3.00 bits per heavy atom. The number of hydrogen-bond acceptors (Lipinski definition) is 6. The lowest BCUT2D eigenvalue weighted by Crippen LogP contribution is -2.50. The molecule has 2 aliphatic heterocycles.